The Bertz CT molecular complexity index is 174. The topological polar surface area (TPSA) is 80.0 Å². The fourth-order valence-electron chi connectivity index (χ4n) is 0.461. The van der Waals surface area contributed by atoms with Crippen LogP contribution in [0.2, 0.25) is 0 Å². The average Bonchev–Trinajstić information content (AvgIpc) is 1.85. The zero-order chi connectivity index (χ0) is 6.15. The molecule has 1 aromatic heterocycles. The molecule has 0 amide bonds. The van der Waals surface area contributed by atoms with Crippen molar-refractivity contribution >= 4 is 11.4 Å². The summed E-state index contributed by atoms with van der Waals surface area (Å²) in [5.74, 6) is 0. The van der Waals surface area contributed by atoms with Gasteiger partial charge in [0.15, 0.2) is 0 Å². The van der Waals surface area contributed by atoms with Crippen molar-refractivity contribution in [1.29, 1.82) is 0 Å². The van der Waals surface area contributed by atoms with Crippen LogP contribution < -0.4 is 11.5 Å². The predicted octanol–water partition coefficient (Wildman–Crippen LogP) is -0.00160. The maximum atomic E-state index is 10.3. The third-order valence-electron chi connectivity index (χ3n) is 0.866. The van der Waals surface area contributed by atoms with Gasteiger partial charge in [-0.2, -0.15) is 0 Å². The van der Waals surface area contributed by atoms with Crippen LogP contribution in [0.1, 0.15) is 0 Å². The molecule has 4 heteroatoms. The second kappa shape index (κ2) is 1.33. The number of hydrogen-bond acceptors (Lipinski definition) is 3. The molecule has 0 aliphatic heterocycles. The van der Waals surface area contributed by atoms with Crippen LogP contribution in [-0.4, -0.2) is 4.73 Å². The minimum Gasteiger partial charge on any atom is -0.806 e. The summed E-state index contributed by atoms with van der Waals surface area (Å²) in [6.07, 6.45) is 2.44. The monoisotopic (exact) mass is 112 g/mol. The smallest absolute Gasteiger partial charge is 0.0724 e. The van der Waals surface area contributed by atoms with E-state index in [0.717, 1.165) is 0 Å². The molecule has 0 atom stereocenters. The van der Waals surface area contributed by atoms with E-state index in [1.165, 1.54) is 12.4 Å². The summed E-state index contributed by atoms with van der Waals surface area (Å²) in [7, 11) is 0. The Morgan fingerprint density at radius 2 is 1.62 bits per heavy atom. The van der Waals surface area contributed by atoms with Crippen molar-refractivity contribution in [1.82, 2.24) is 4.73 Å². The van der Waals surface area contributed by atoms with E-state index in [2.05, 4.69) is 0 Å². The average molecular weight is 112 g/mol. The molecule has 0 aromatic carbocycles. The fourth-order valence-corrected chi connectivity index (χ4v) is 0.461. The maximum absolute atomic E-state index is 10.3. The highest BCUT2D eigenvalue weighted by Crippen LogP contribution is 2.12. The molecular formula is C4H6N3O-. The number of nitrogens with zero attached hydrogens (tertiary/aromatic N) is 1. The first-order valence-corrected chi connectivity index (χ1v) is 2.10. The fraction of sp³-hybridized carbons (Fsp3) is 0. The Labute approximate surface area is 46.3 Å². The molecule has 0 unspecified atom stereocenters. The SMILES string of the molecule is Nc1cn([O-])cc1N. The maximum Gasteiger partial charge on any atom is 0.0724 e. The molecule has 1 aromatic rings. The number of anilines is 2. The van der Waals surface area contributed by atoms with E-state index in [4.69, 9.17) is 11.5 Å². The van der Waals surface area contributed by atoms with Gasteiger partial charge >= 0.3 is 0 Å². The molecule has 44 valence electrons. The second-order valence-electron chi connectivity index (χ2n) is 1.53. The van der Waals surface area contributed by atoms with Crippen LogP contribution in [0.4, 0.5) is 11.4 Å². The van der Waals surface area contributed by atoms with E-state index in [1.807, 2.05) is 0 Å². The van der Waals surface area contributed by atoms with Crippen LogP contribution in [0.15, 0.2) is 12.4 Å². The van der Waals surface area contributed by atoms with Gasteiger partial charge in [0, 0.05) is 12.4 Å². The zero-order valence-corrected chi connectivity index (χ0v) is 4.16. The number of rotatable bonds is 0. The molecule has 0 bridgehead atoms. The van der Waals surface area contributed by atoms with Gasteiger partial charge in [0.25, 0.3) is 0 Å². The Kier molecular flexibility index (Phi) is 0.802. The van der Waals surface area contributed by atoms with E-state index >= 15 is 0 Å². The van der Waals surface area contributed by atoms with Gasteiger partial charge in [-0.25, -0.2) is 0 Å². The summed E-state index contributed by atoms with van der Waals surface area (Å²) >= 11 is 0. The summed E-state index contributed by atoms with van der Waals surface area (Å²) in [5, 5.41) is 10.3. The first kappa shape index (κ1) is 4.83. The molecule has 1 rings (SSSR count). The summed E-state index contributed by atoms with van der Waals surface area (Å²) in [5.41, 5.74) is 11.1. The lowest BCUT2D eigenvalue weighted by molar-refractivity contribution is 1.11. The molecule has 0 aliphatic carbocycles. The van der Waals surface area contributed by atoms with Crippen molar-refractivity contribution in [3.05, 3.63) is 17.6 Å². The summed E-state index contributed by atoms with van der Waals surface area (Å²) in [4.78, 5) is 0. The van der Waals surface area contributed by atoms with Crippen LogP contribution in [0.25, 0.3) is 0 Å². The molecule has 0 saturated heterocycles. The van der Waals surface area contributed by atoms with Gasteiger partial charge in [0.1, 0.15) is 0 Å². The van der Waals surface area contributed by atoms with Gasteiger partial charge < -0.3 is 21.4 Å². The van der Waals surface area contributed by atoms with E-state index in [-0.39, 0.29) is 0 Å². The van der Waals surface area contributed by atoms with Crippen LogP contribution in [0.5, 0.6) is 0 Å². The molecule has 0 radical (unpaired) electrons. The molecule has 4 nitrogen and oxygen atoms in total. The highest BCUT2D eigenvalue weighted by atomic mass is 16.5. The minimum absolute atomic E-state index is 0.333. The van der Waals surface area contributed by atoms with Crippen LogP contribution in [-0.2, 0) is 0 Å². The van der Waals surface area contributed by atoms with E-state index in [1.54, 1.807) is 0 Å². The number of nitrogen functional groups attached to an aromatic ring is 2. The van der Waals surface area contributed by atoms with Gasteiger partial charge in [-0.15, -0.1) is 0 Å². The molecule has 8 heavy (non-hydrogen) atoms. The third kappa shape index (κ3) is 0.556. The van der Waals surface area contributed by atoms with Crippen molar-refractivity contribution in [2.75, 3.05) is 11.5 Å². The lowest BCUT2D eigenvalue weighted by Crippen LogP contribution is -1.87. The van der Waals surface area contributed by atoms with Crippen LogP contribution in [0, 0.1) is 5.21 Å². The van der Waals surface area contributed by atoms with Gasteiger partial charge in [0.2, 0.25) is 0 Å². The Hall–Kier alpha value is -1.32. The second-order valence-corrected chi connectivity index (χ2v) is 1.53. The molecular weight excluding hydrogens is 106 g/mol. The molecule has 0 fully saturated rings. The first-order valence-electron chi connectivity index (χ1n) is 2.10. The van der Waals surface area contributed by atoms with E-state index in [0.29, 0.717) is 16.1 Å². The lowest BCUT2D eigenvalue weighted by Gasteiger charge is -2.00. The number of nitrogens with two attached hydrogens (primary N) is 2. The Balaban J connectivity index is 3.14. The largest absolute Gasteiger partial charge is 0.806 e. The van der Waals surface area contributed by atoms with Crippen molar-refractivity contribution < 1.29 is 0 Å². The summed E-state index contributed by atoms with van der Waals surface area (Å²) in [6, 6.07) is 0. The van der Waals surface area contributed by atoms with Crippen LogP contribution in [0.3, 0.4) is 0 Å². The van der Waals surface area contributed by atoms with Crippen LogP contribution >= 0.6 is 0 Å². The molecule has 4 N–H and O–H groups in total. The molecule has 0 spiro atoms. The Morgan fingerprint density at radius 3 is 1.75 bits per heavy atom. The zero-order valence-electron chi connectivity index (χ0n) is 4.16. The minimum atomic E-state index is 0.333. The van der Waals surface area contributed by atoms with Crippen molar-refractivity contribution in [3.63, 3.8) is 0 Å². The number of aromatic nitrogens is 1. The van der Waals surface area contributed by atoms with Crippen molar-refractivity contribution in [2.45, 2.75) is 0 Å². The van der Waals surface area contributed by atoms with E-state index in [9.17, 15) is 5.21 Å². The third-order valence-corrected chi connectivity index (χ3v) is 0.866. The van der Waals surface area contributed by atoms with Gasteiger partial charge in [-0.3, -0.25) is 0 Å². The van der Waals surface area contributed by atoms with Crippen molar-refractivity contribution in [2.24, 2.45) is 0 Å². The van der Waals surface area contributed by atoms with Crippen molar-refractivity contribution in [3.8, 4) is 0 Å². The molecule has 0 aliphatic rings. The summed E-state index contributed by atoms with van der Waals surface area (Å²) < 4.78 is 0.574. The van der Waals surface area contributed by atoms with E-state index < -0.39 is 0 Å². The standard InChI is InChI=1S/C4H6N3O/c5-3-1-7(8)2-4(3)6/h1-2H,5-6H2/q-1. The number of hydrogen-bond donors (Lipinski definition) is 2. The molecule has 0 saturated carbocycles. The summed E-state index contributed by atoms with van der Waals surface area (Å²) in [6.45, 7) is 0. The Morgan fingerprint density at radius 1 is 1.25 bits per heavy atom. The quantitative estimate of drug-likeness (QED) is 0.495. The first-order chi connectivity index (χ1) is 3.70. The normalized spacial score (nSPS) is 9.50. The lowest BCUT2D eigenvalue weighted by atomic mass is 10.5. The molecule has 1 heterocycles. The van der Waals surface area contributed by atoms with Gasteiger partial charge in [-0.1, -0.05) is 0 Å². The highest BCUT2D eigenvalue weighted by Gasteiger charge is 1.90. The van der Waals surface area contributed by atoms with Gasteiger partial charge in [0.05, 0.1) is 11.4 Å². The predicted molar refractivity (Wildman–Crippen MR) is 32.0 cm³/mol. The van der Waals surface area contributed by atoms with Gasteiger partial charge in [-0.05, 0) is 0 Å². The highest BCUT2D eigenvalue weighted by molar-refractivity contribution is 5.61.